The summed E-state index contributed by atoms with van der Waals surface area (Å²) in [6.07, 6.45) is 5.35. The van der Waals surface area contributed by atoms with Crippen LogP contribution in [-0.4, -0.2) is 49.2 Å². The van der Waals surface area contributed by atoms with E-state index in [-0.39, 0.29) is 23.8 Å². The zero-order chi connectivity index (χ0) is 27.0. The van der Waals surface area contributed by atoms with E-state index in [1.54, 1.807) is 0 Å². The van der Waals surface area contributed by atoms with Gasteiger partial charge < -0.3 is 15.2 Å². The highest BCUT2D eigenvalue weighted by Gasteiger charge is 2.37. The van der Waals surface area contributed by atoms with E-state index >= 15 is 0 Å². The summed E-state index contributed by atoms with van der Waals surface area (Å²) < 4.78 is 0. The molecule has 38 heavy (non-hydrogen) atoms. The molecule has 0 spiro atoms. The van der Waals surface area contributed by atoms with Crippen molar-refractivity contribution in [2.24, 2.45) is 5.92 Å². The maximum Gasteiger partial charge on any atom is 0.246 e. The fraction of sp³-hybridized carbons (Fsp3) is 0.367. The van der Waals surface area contributed by atoms with Gasteiger partial charge in [-0.1, -0.05) is 32.0 Å². The Morgan fingerprint density at radius 1 is 1.00 bits per heavy atom. The first-order valence-corrected chi connectivity index (χ1v) is 13.2. The van der Waals surface area contributed by atoms with Crippen LogP contribution in [0.5, 0.6) is 0 Å². The first kappa shape index (κ1) is 25.6. The minimum Gasteiger partial charge on any atom is -0.344 e. The molecule has 3 heterocycles. The number of likely N-dealkylation sites (tertiary alicyclic amines) is 1. The highest BCUT2D eigenvalue weighted by Crippen LogP contribution is 2.33. The quantitative estimate of drug-likeness (QED) is 0.374. The maximum absolute atomic E-state index is 13.3. The third kappa shape index (κ3) is 5.03. The predicted molar refractivity (Wildman–Crippen MR) is 148 cm³/mol. The fourth-order valence-electron chi connectivity index (χ4n) is 5.10. The molecule has 196 valence electrons. The average molecular weight is 511 g/mol. The molecule has 1 aliphatic rings. The third-order valence-corrected chi connectivity index (χ3v) is 7.39. The van der Waals surface area contributed by atoms with Crippen molar-refractivity contribution in [3.05, 3.63) is 65.7 Å². The summed E-state index contributed by atoms with van der Waals surface area (Å²) in [5.41, 5.74) is 7.84. The Bertz CT molecular complexity index is 1510. The van der Waals surface area contributed by atoms with Crippen LogP contribution in [0.3, 0.4) is 0 Å². The Morgan fingerprint density at radius 2 is 1.79 bits per heavy atom. The van der Waals surface area contributed by atoms with Gasteiger partial charge in [0.25, 0.3) is 0 Å². The van der Waals surface area contributed by atoms with Crippen molar-refractivity contribution in [2.45, 2.75) is 59.5 Å². The van der Waals surface area contributed by atoms with Crippen molar-refractivity contribution in [3.63, 3.8) is 0 Å². The summed E-state index contributed by atoms with van der Waals surface area (Å²) in [4.78, 5) is 44.5. The van der Waals surface area contributed by atoms with E-state index in [9.17, 15) is 9.59 Å². The molecular weight excluding hydrogens is 476 g/mol. The average Bonchev–Trinajstić information content (AvgIpc) is 3.57. The van der Waals surface area contributed by atoms with Gasteiger partial charge in [-0.05, 0) is 61.9 Å². The molecule has 0 aliphatic carbocycles. The van der Waals surface area contributed by atoms with Gasteiger partial charge in [0.15, 0.2) is 0 Å². The van der Waals surface area contributed by atoms with Crippen LogP contribution in [-0.2, 0) is 9.59 Å². The second-order valence-corrected chi connectivity index (χ2v) is 10.6. The highest BCUT2D eigenvalue weighted by atomic mass is 16.2. The minimum absolute atomic E-state index is 0.00549. The number of fused-ring (bicyclic) bond motifs is 1. The molecule has 2 N–H and O–H groups in total. The molecule has 8 nitrogen and oxygen atoms in total. The number of aryl methyl sites for hydroxylation is 2. The molecule has 8 heteroatoms. The van der Waals surface area contributed by atoms with Crippen LogP contribution >= 0.6 is 0 Å². The van der Waals surface area contributed by atoms with Crippen LogP contribution in [0.25, 0.3) is 33.5 Å². The van der Waals surface area contributed by atoms with Gasteiger partial charge in [-0.3, -0.25) is 14.6 Å². The normalized spacial score (nSPS) is 16.3. The summed E-state index contributed by atoms with van der Waals surface area (Å²) in [5.74, 6) is 0.492. The lowest BCUT2D eigenvalue weighted by molar-refractivity contribution is -0.138. The Balaban J connectivity index is 1.38. The topological polar surface area (TPSA) is 104 Å². The van der Waals surface area contributed by atoms with Gasteiger partial charge >= 0.3 is 0 Å². The SMILES string of the molecule is CC(=O)NC(C(=O)N1CCCC1c1ncc(-c2ccc3nc(-c4ccc(C)c(C)c4)cnc3c2)[nH]1)C(C)C. The zero-order valence-corrected chi connectivity index (χ0v) is 22.6. The van der Waals surface area contributed by atoms with Crippen molar-refractivity contribution in [3.8, 4) is 22.5 Å². The number of imidazole rings is 1. The lowest BCUT2D eigenvalue weighted by atomic mass is 10.0. The number of aromatic nitrogens is 4. The van der Waals surface area contributed by atoms with Crippen molar-refractivity contribution in [1.29, 1.82) is 0 Å². The highest BCUT2D eigenvalue weighted by molar-refractivity contribution is 5.87. The van der Waals surface area contributed by atoms with Crippen LogP contribution in [0.1, 0.15) is 56.6 Å². The number of H-pyrrole nitrogens is 1. The summed E-state index contributed by atoms with van der Waals surface area (Å²) in [6.45, 7) is 10.2. The van der Waals surface area contributed by atoms with E-state index in [0.717, 1.165) is 52.2 Å². The number of aromatic amines is 1. The molecule has 2 aromatic heterocycles. The first-order valence-electron chi connectivity index (χ1n) is 13.2. The van der Waals surface area contributed by atoms with Gasteiger partial charge in [0.05, 0.1) is 40.9 Å². The van der Waals surface area contributed by atoms with Crippen LogP contribution in [0.2, 0.25) is 0 Å². The molecule has 2 unspecified atom stereocenters. The van der Waals surface area contributed by atoms with E-state index in [1.165, 1.54) is 18.1 Å². The molecule has 4 aromatic rings. The number of rotatable bonds is 6. The maximum atomic E-state index is 13.3. The van der Waals surface area contributed by atoms with Gasteiger partial charge in [0, 0.05) is 24.6 Å². The molecule has 5 rings (SSSR count). The number of hydrogen-bond acceptors (Lipinski definition) is 5. The largest absolute Gasteiger partial charge is 0.344 e. The molecule has 0 bridgehead atoms. The second-order valence-electron chi connectivity index (χ2n) is 10.6. The molecule has 2 aromatic carbocycles. The lowest BCUT2D eigenvalue weighted by Crippen LogP contribution is -2.50. The van der Waals surface area contributed by atoms with E-state index in [0.29, 0.717) is 6.54 Å². The molecule has 1 fully saturated rings. The summed E-state index contributed by atoms with van der Waals surface area (Å²) in [7, 11) is 0. The fourth-order valence-corrected chi connectivity index (χ4v) is 5.10. The van der Waals surface area contributed by atoms with Crippen LogP contribution in [0.4, 0.5) is 0 Å². The summed E-state index contributed by atoms with van der Waals surface area (Å²) >= 11 is 0. The number of carbonyl (C=O) groups is 2. The van der Waals surface area contributed by atoms with Gasteiger partial charge in [0.1, 0.15) is 11.9 Å². The Morgan fingerprint density at radius 3 is 2.53 bits per heavy atom. The van der Waals surface area contributed by atoms with Gasteiger partial charge in [-0.2, -0.15) is 0 Å². The van der Waals surface area contributed by atoms with E-state index < -0.39 is 6.04 Å². The Labute approximate surface area is 222 Å². The molecule has 0 radical (unpaired) electrons. The van der Waals surface area contributed by atoms with Crippen LogP contribution < -0.4 is 5.32 Å². The van der Waals surface area contributed by atoms with E-state index in [4.69, 9.17) is 9.97 Å². The summed E-state index contributed by atoms with van der Waals surface area (Å²) in [5, 5.41) is 2.82. The van der Waals surface area contributed by atoms with Crippen molar-refractivity contribution in [1.82, 2.24) is 30.2 Å². The van der Waals surface area contributed by atoms with E-state index in [1.807, 2.05) is 49.3 Å². The molecule has 2 amide bonds. The van der Waals surface area contributed by atoms with Crippen LogP contribution in [0.15, 0.2) is 48.8 Å². The Kier molecular flexibility index (Phi) is 6.97. The number of carbonyl (C=O) groups excluding carboxylic acids is 2. The molecule has 2 atom stereocenters. The standard InChI is InChI=1S/C30H34N6O2/c1-17(2)28(33-20(5)37)30(38)36-12-6-7-27(36)29-32-16-26(35-29)22-10-11-23-24(14-22)31-15-25(34-23)21-9-8-18(3)19(4)13-21/h8-11,13-17,27-28H,6-7,12H2,1-5H3,(H,32,35)(H,33,37). The number of nitrogens with zero attached hydrogens (tertiary/aromatic N) is 4. The van der Waals surface area contributed by atoms with Gasteiger partial charge in [-0.25, -0.2) is 9.97 Å². The zero-order valence-electron chi connectivity index (χ0n) is 22.6. The van der Waals surface area contributed by atoms with E-state index in [2.05, 4.69) is 47.3 Å². The van der Waals surface area contributed by atoms with Crippen LogP contribution in [0, 0.1) is 19.8 Å². The Hall–Kier alpha value is -4.07. The van der Waals surface area contributed by atoms with Crippen molar-refractivity contribution < 1.29 is 9.59 Å². The number of benzene rings is 2. The predicted octanol–water partition coefficient (Wildman–Crippen LogP) is 5.13. The first-order chi connectivity index (χ1) is 18.2. The second kappa shape index (κ2) is 10.4. The lowest BCUT2D eigenvalue weighted by Gasteiger charge is -2.30. The number of hydrogen-bond donors (Lipinski definition) is 2. The van der Waals surface area contributed by atoms with Gasteiger partial charge in [-0.15, -0.1) is 0 Å². The number of amides is 2. The number of nitrogens with one attached hydrogen (secondary N) is 2. The smallest absolute Gasteiger partial charge is 0.246 e. The van der Waals surface area contributed by atoms with Crippen molar-refractivity contribution >= 4 is 22.8 Å². The molecule has 1 saturated heterocycles. The third-order valence-electron chi connectivity index (χ3n) is 7.39. The van der Waals surface area contributed by atoms with Crippen molar-refractivity contribution in [2.75, 3.05) is 6.54 Å². The molecule has 0 saturated carbocycles. The monoisotopic (exact) mass is 510 g/mol. The molecular formula is C30H34N6O2. The molecule has 1 aliphatic heterocycles. The summed E-state index contributed by atoms with van der Waals surface area (Å²) in [6, 6.07) is 11.6. The van der Waals surface area contributed by atoms with Gasteiger partial charge in [0.2, 0.25) is 11.8 Å². The minimum atomic E-state index is -0.546.